The molecule has 400 valence electrons. The van der Waals surface area contributed by atoms with E-state index in [1.165, 1.54) is 49.5 Å². The van der Waals surface area contributed by atoms with Crippen LogP contribution in [-0.4, -0.2) is 124 Å². The summed E-state index contributed by atoms with van der Waals surface area (Å²) in [7, 11) is 0. The van der Waals surface area contributed by atoms with Crippen LogP contribution < -0.4 is 20.5 Å². The zero-order valence-corrected chi connectivity index (χ0v) is 42.4. The van der Waals surface area contributed by atoms with Gasteiger partial charge in [-0.15, -0.1) is 0 Å². The number of rotatable bonds is 16. The van der Waals surface area contributed by atoms with Crippen molar-refractivity contribution in [3.05, 3.63) is 148 Å². The van der Waals surface area contributed by atoms with Gasteiger partial charge < -0.3 is 49.1 Å². The first-order valence-corrected chi connectivity index (χ1v) is 24.5. The minimum Gasteiger partial charge on any atom is -0.541 e. The number of carboxylic acid groups (broad SMARTS) is 1. The number of fused-ring (bicyclic) bond motifs is 2. The Kier molecular flexibility index (Phi) is 19.3. The topological polar surface area (TPSA) is 350 Å². The van der Waals surface area contributed by atoms with Crippen molar-refractivity contribution in [1.82, 2.24) is 43.9 Å². The minimum absolute atomic E-state index is 0.164. The maximum Gasteiger partial charge on any atom is 0.514 e. The molecule has 2 N–H and O–H groups in total. The fourth-order valence-electron chi connectivity index (χ4n) is 8.51. The molecule has 3 aromatic carbocycles. The molecular formula is C50H54N17O10-. The highest BCUT2D eigenvalue weighted by molar-refractivity contribution is 6.07. The van der Waals surface area contributed by atoms with Crippen molar-refractivity contribution in [3.8, 4) is 5.75 Å². The number of azide groups is 2. The molecule has 77 heavy (non-hydrogen) atoms. The molecule has 7 aromatic rings. The van der Waals surface area contributed by atoms with Crippen LogP contribution in [0.1, 0.15) is 80.6 Å². The number of carbonyl (C=O) groups excluding carboxylic acids is 4. The van der Waals surface area contributed by atoms with E-state index in [-0.39, 0.29) is 34.6 Å². The molecule has 0 unspecified atom stereocenters. The number of nitrogens with zero attached hydrogens (tertiary/aromatic N) is 15. The Bertz CT molecular complexity index is 3200. The molecule has 8 atom stereocenters. The van der Waals surface area contributed by atoms with Gasteiger partial charge in [0.05, 0.1) is 37.0 Å². The molecule has 0 bridgehead atoms. The van der Waals surface area contributed by atoms with Gasteiger partial charge in [-0.2, -0.15) is 0 Å². The average molecular weight is 1050 g/mol. The Hall–Kier alpha value is -9.26. The largest absolute Gasteiger partial charge is 0.541 e. The highest BCUT2D eigenvalue weighted by Crippen LogP contribution is 2.39. The van der Waals surface area contributed by atoms with Crippen LogP contribution in [0.25, 0.3) is 43.2 Å². The summed E-state index contributed by atoms with van der Waals surface area (Å²) in [5.41, 5.74) is 20.1. The van der Waals surface area contributed by atoms with E-state index >= 15 is 0 Å². The molecule has 0 spiro atoms. The van der Waals surface area contributed by atoms with Crippen LogP contribution in [0, 0.1) is 0 Å². The summed E-state index contributed by atoms with van der Waals surface area (Å²) in [6.07, 6.45) is -1.91. The zero-order chi connectivity index (χ0) is 54.8. The Balaban J connectivity index is 0.000000201. The molecule has 0 saturated carbocycles. The van der Waals surface area contributed by atoms with E-state index in [9.17, 15) is 29.8 Å². The standard InChI is InChI=1S/C25H22N8O5.C19H18N8O5.C6H15N/c1-2-17-18(31-32-26)20(38-25(35)36-16-11-7-4-8-12-16)24(37-17)33-14-29-19-21(27-13-28-22(19)33)30-23(34)15-9-5-3-6-10-15;1-2-11-12(25-26-20)14(32-19(29)30)18(31-11)27-9-23-13-15(21-8-22-16(13)27)24-17(28)10-6-4-3-5-7-10;1-4-7(5-2)6-3/h3-14,17-18,20,24H,2H2,1H3,(H,27,28,30,34);3-9,11-12,14,18H,2H2,1H3,(H,29,30)(H,21,22,24,28);4-6H2,1-3H3/p-1/t17-,18-,20-,24-;11-,12-,14-,18-;/m11./s1. The number of carbonyl (C=O) groups is 4. The van der Waals surface area contributed by atoms with Crippen LogP contribution in [0.15, 0.2) is 127 Å². The van der Waals surface area contributed by atoms with E-state index in [0.29, 0.717) is 40.9 Å². The fraction of sp³-hybridized carbons (Fsp3) is 0.360. The second kappa shape index (κ2) is 26.8. The van der Waals surface area contributed by atoms with Crippen LogP contribution in [0.2, 0.25) is 0 Å². The maximum absolute atomic E-state index is 12.7. The summed E-state index contributed by atoms with van der Waals surface area (Å²) in [5.74, 6) is -0.0988. The quantitative estimate of drug-likeness (QED) is 0.0306. The fourth-order valence-corrected chi connectivity index (χ4v) is 8.51. The predicted molar refractivity (Wildman–Crippen MR) is 275 cm³/mol. The summed E-state index contributed by atoms with van der Waals surface area (Å²) >= 11 is 0. The number of benzene rings is 3. The highest BCUT2D eigenvalue weighted by atomic mass is 16.7. The number of amides is 2. The van der Waals surface area contributed by atoms with Gasteiger partial charge in [0.15, 0.2) is 52.5 Å². The second-order valence-corrected chi connectivity index (χ2v) is 16.8. The molecule has 2 aliphatic rings. The minimum atomic E-state index is -1.78. The van der Waals surface area contributed by atoms with Crippen LogP contribution >= 0.6 is 0 Å². The molecule has 2 aliphatic heterocycles. The number of nitrogens with one attached hydrogen (secondary N) is 2. The van der Waals surface area contributed by atoms with E-state index < -0.39 is 61.3 Å². The number of anilines is 2. The number of ether oxygens (including phenoxy) is 5. The van der Waals surface area contributed by atoms with E-state index in [4.69, 9.17) is 29.2 Å². The Morgan fingerprint density at radius 2 is 1.04 bits per heavy atom. The Morgan fingerprint density at radius 1 is 0.623 bits per heavy atom. The SMILES string of the molecule is CCN(CC)CC.CC[C@H]1O[C@@H](n2cnc3c(NC(=O)c4ccccc4)ncnc32)[C@H](OC(=O)Oc2ccccc2)[C@@H]1N=[N+]=[N-].CC[C@H]1O[C@@H](n2cnc3c(NC(=O)c4ccccc4)ncnc32)[C@H](OC(=O)[O-])[C@@H]1N=[N+]=[N-]. The first-order chi connectivity index (χ1) is 37.5. The summed E-state index contributed by atoms with van der Waals surface area (Å²) < 4.78 is 30.9. The third-order valence-electron chi connectivity index (χ3n) is 12.4. The summed E-state index contributed by atoms with van der Waals surface area (Å²) in [6, 6.07) is 23.9. The maximum atomic E-state index is 12.7. The zero-order valence-electron chi connectivity index (χ0n) is 42.4. The van der Waals surface area contributed by atoms with Gasteiger partial charge in [-0.3, -0.25) is 18.7 Å². The lowest BCUT2D eigenvalue weighted by atomic mass is 10.1. The lowest BCUT2D eigenvalue weighted by molar-refractivity contribution is -0.290. The molecule has 6 heterocycles. The van der Waals surface area contributed by atoms with Gasteiger partial charge >= 0.3 is 6.16 Å². The molecular weight excluding hydrogens is 999 g/mol. The van der Waals surface area contributed by atoms with E-state index in [1.807, 2.05) is 13.0 Å². The third-order valence-corrected chi connectivity index (χ3v) is 12.4. The summed E-state index contributed by atoms with van der Waals surface area (Å²) in [4.78, 5) is 82.6. The molecule has 27 nitrogen and oxygen atoms in total. The van der Waals surface area contributed by atoms with Gasteiger partial charge in [0, 0.05) is 21.0 Å². The second-order valence-electron chi connectivity index (χ2n) is 16.8. The van der Waals surface area contributed by atoms with Crippen molar-refractivity contribution in [2.45, 2.75) is 96.4 Å². The van der Waals surface area contributed by atoms with Crippen molar-refractivity contribution < 1.29 is 48.0 Å². The average Bonchev–Trinajstić information content (AvgIpc) is 4.32. The number of hydrogen-bond acceptors (Lipinski definition) is 19. The van der Waals surface area contributed by atoms with Gasteiger partial charge in [0.25, 0.3) is 18.0 Å². The molecule has 2 saturated heterocycles. The lowest BCUT2D eigenvalue weighted by Gasteiger charge is -2.26. The van der Waals surface area contributed by atoms with E-state index in [1.54, 1.807) is 96.4 Å². The first kappa shape index (κ1) is 55.5. The molecule has 2 amide bonds. The molecule has 0 aliphatic carbocycles. The Labute approximate surface area is 439 Å². The van der Waals surface area contributed by atoms with E-state index in [0.717, 1.165) is 0 Å². The van der Waals surface area contributed by atoms with Crippen LogP contribution in [0.3, 0.4) is 0 Å². The van der Waals surface area contributed by atoms with Crippen LogP contribution in [-0.2, 0) is 18.9 Å². The van der Waals surface area contributed by atoms with E-state index in [2.05, 4.69) is 86.3 Å². The molecule has 27 heteroatoms. The van der Waals surface area contributed by atoms with Gasteiger partial charge in [0.1, 0.15) is 24.4 Å². The van der Waals surface area contributed by atoms with Crippen LogP contribution in [0.5, 0.6) is 5.75 Å². The van der Waals surface area contributed by atoms with Gasteiger partial charge in [-0.25, -0.2) is 34.7 Å². The first-order valence-electron chi connectivity index (χ1n) is 24.5. The normalized spacial score (nSPS) is 20.3. The molecule has 0 radical (unpaired) electrons. The number of hydrogen-bond donors (Lipinski definition) is 2. The number of para-hydroxylation sites is 1. The van der Waals surface area contributed by atoms with Crippen LogP contribution in [0.4, 0.5) is 21.2 Å². The van der Waals surface area contributed by atoms with Crippen molar-refractivity contribution in [2.75, 3.05) is 30.3 Å². The van der Waals surface area contributed by atoms with Gasteiger partial charge in [-0.1, -0.05) is 99.4 Å². The highest BCUT2D eigenvalue weighted by Gasteiger charge is 2.48. The van der Waals surface area contributed by atoms with Crippen molar-refractivity contribution in [1.29, 1.82) is 0 Å². The molecule has 9 rings (SSSR count). The lowest BCUT2D eigenvalue weighted by Crippen LogP contribution is -2.38. The number of aromatic nitrogens is 8. The number of imidazole rings is 2. The van der Waals surface area contributed by atoms with Gasteiger partial charge in [0.2, 0.25) is 0 Å². The summed E-state index contributed by atoms with van der Waals surface area (Å²) in [6.45, 7) is 13.8. The summed E-state index contributed by atoms with van der Waals surface area (Å²) in [5, 5.41) is 24.1. The monoisotopic (exact) mass is 1050 g/mol. The predicted octanol–water partition coefficient (Wildman–Crippen LogP) is 7.79. The Morgan fingerprint density at radius 3 is 1.42 bits per heavy atom. The van der Waals surface area contributed by atoms with Crippen molar-refractivity contribution >= 4 is 58.1 Å². The van der Waals surface area contributed by atoms with Crippen molar-refractivity contribution in [3.63, 3.8) is 0 Å². The molecule has 4 aromatic heterocycles. The van der Waals surface area contributed by atoms with Crippen molar-refractivity contribution in [2.24, 2.45) is 10.2 Å². The third kappa shape index (κ3) is 13.4. The molecule has 2 fully saturated rings. The smallest absolute Gasteiger partial charge is 0.514 e. The van der Waals surface area contributed by atoms with Gasteiger partial charge in [-0.05, 0) is 79.9 Å².